The SMILES string of the molecule is CCC(C)NS(=O)(=O)c1cc(N)ccc1Br. The zero-order valence-electron chi connectivity index (χ0n) is 9.20. The Kier molecular flexibility index (Phi) is 4.35. The van der Waals surface area contributed by atoms with Crippen LogP contribution in [0.4, 0.5) is 5.69 Å². The topological polar surface area (TPSA) is 72.2 Å². The van der Waals surface area contributed by atoms with E-state index in [0.717, 1.165) is 6.42 Å². The number of sulfonamides is 1. The van der Waals surface area contributed by atoms with Gasteiger partial charge in [0.05, 0.1) is 4.90 Å². The summed E-state index contributed by atoms with van der Waals surface area (Å²) in [7, 11) is -3.50. The fourth-order valence-corrected chi connectivity index (χ4v) is 3.46. The zero-order valence-corrected chi connectivity index (χ0v) is 11.6. The molecule has 0 aliphatic rings. The van der Waals surface area contributed by atoms with Crippen molar-refractivity contribution < 1.29 is 8.42 Å². The summed E-state index contributed by atoms with van der Waals surface area (Å²) in [4.78, 5) is 0.174. The highest BCUT2D eigenvalue weighted by Gasteiger charge is 2.19. The van der Waals surface area contributed by atoms with Crippen LogP contribution >= 0.6 is 15.9 Å². The van der Waals surface area contributed by atoms with Crippen LogP contribution in [0.25, 0.3) is 0 Å². The molecule has 3 N–H and O–H groups in total. The van der Waals surface area contributed by atoms with Crippen molar-refractivity contribution in [2.45, 2.75) is 31.2 Å². The van der Waals surface area contributed by atoms with Crippen LogP contribution in [-0.2, 0) is 10.0 Å². The third kappa shape index (κ3) is 3.20. The molecule has 0 fully saturated rings. The molecule has 16 heavy (non-hydrogen) atoms. The van der Waals surface area contributed by atoms with Crippen LogP contribution in [0.15, 0.2) is 27.6 Å². The van der Waals surface area contributed by atoms with E-state index in [1.807, 2.05) is 13.8 Å². The van der Waals surface area contributed by atoms with Crippen LogP contribution in [0.2, 0.25) is 0 Å². The number of hydrogen-bond acceptors (Lipinski definition) is 3. The lowest BCUT2D eigenvalue weighted by Gasteiger charge is -2.13. The van der Waals surface area contributed by atoms with Crippen LogP contribution in [0.3, 0.4) is 0 Å². The van der Waals surface area contributed by atoms with Crippen molar-refractivity contribution in [1.29, 1.82) is 0 Å². The van der Waals surface area contributed by atoms with Crippen molar-refractivity contribution in [2.24, 2.45) is 0 Å². The molecule has 0 amide bonds. The Bertz CT molecular complexity index is 474. The molecule has 0 bridgehead atoms. The van der Waals surface area contributed by atoms with E-state index in [1.54, 1.807) is 12.1 Å². The summed E-state index contributed by atoms with van der Waals surface area (Å²) in [6, 6.07) is 4.61. The molecule has 0 radical (unpaired) electrons. The van der Waals surface area contributed by atoms with Crippen molar-refractivity contribution in [3.8, 4) is 0 Å². The smallest absolute Gasteiger partial charge is 0.242 e. The van der Waals surface area contributed by atoms with E-state index in [1.165, 1.54) is 6.07 Å². The van der Waals surface area contributed by atoms with E-state index >= 15 is 0 Å². The first kappa shape index (κ1) is 13.5. The highest BCUT2D eigenvalue weighted by atomic mass is 79.9. The lowest BCUT2D eigenvalue weighted by atomic mass is 10.3. The lowest BCUT2D eigenvalue weighted by Crippen LogP contribution is -2.32. The minimum Gasteiger partial charge on any atom is -0.399 e. The highest BCUT2D eigenvalue weighted by Crippen LogP contribution is 2.24. The number of benzene rings is 1. The van der Waals surface area contributed by atoms with E-state index in [4.69, 9.17) is 5.73 Å². The summed E-state index contributed by atoms with van der Waals surface area (Å²) in [6.07, 6.45) is 0.735. The van der Waals surface area contributed by atoms with Gasteiger partial charge in [0, 0.05) is 16.2 Å². The monoisotopic (exact) mass is 306 g/mol. The van der Waals surface area contributed by atoms with Crippen LogP contribution in [-0.4, -0.2) is 14.5 Å². The second-order valence-electron chi connectivity index (χ2n) is 3.62. The molecule has 1 aromatic rings. The molecule has 0 aromatic heterocycles. The quantitative estimate of drug-likeness (QED) is 0.837. The molecular formula is C10H15BrN2O2S. The zero-order chi connectivity index (χ0) is 12.3. The average Bonchev–Trinajstić information content (AvgIpc) is 2.20. The summed E-state index contributed by atoms with van der Waals surface area (Å²) in [6.45, 7) is 3.74. The highest BCUT2D eigenvalue weighted by molar-refractivity contribution is 9.10. The van der Waals surface area contributed by atoms with Gasteiger partial charge in [-0.25, -0.2) is 13.1 Å². The van der Waals surface area contributed by atoms with Gasteiger partial charge in [0.2, 0.25) is 10.0 Å². The molecule has 6 heteroatoms. The first-order chi connectivity index (χ1) is 7.36. The summed E-state index contributed by atoms with van der Waals surface area (Å²) in [5.41, 5.74) is 6.00. The van der Waals surface area contributed by atoms with Gasteiger partial charge >= 0.3 is 0 Å². The van der Waals surface area contributed by atoms with Crippen molar-refractivity contribution in [1.82, 2.24) is 4.72 Å². The second-order valence-corrected chi connectivity index (χ2v) is 6.16. The van der Waals surface area contributed by atoms with Crippen molar-refractivity contribution in [3.63, 3.8) is 0 Å². The van der Waals surface area contributed by atoms with Gasteiger partial charge in [-0.1, -0.05) is 6.92 Å². The van der Waals surface area contributed by atoms with Crippen LogP contribution in [0.5, 0.6) is 0 Å². The third-order valence-electron chi connectivity index (χ3n) is 2.21. The Morgan fingerprint density at radius 3 is 2.69 bits per heavy atom. The molecule has 1 rings (SSSR count). The molecule has 0 aliphatic heterocycles. The van der Waals surface area contributed by atoms with Gasteiger partial charge in [0.15, 0.2) is 0 Å². The molecule has 0 spiro atoms. The van der Waals surface area contributed by atoms with Gasteiger partial charge in [-0.3, -0.25) is 0 Å². The van der Waals surface area contributed by atoms with E-state index in [9.17, 15) is 8.42 Å². The van der Waals surface area contributed by atoms with E-state index in [0.29, 0.717) is 10.2 Å². The molecule has 0 aliphatic carbocycles. The van der Waals surface area contributed by atoms with Gasteiger partial charge in [-0.15, -0.1) is 0 Å². The molecule has 0 saturated carbocycles. The molecule has 1 aromatic carbocycles. The van der Waals surface area contributed by atoms with Gasteiger partial charge < -0.3 is 5.73 Å². The maximum Gasteiger partial charge on any atom is 0.242 e. The number of halogens is 1. The lowest BCUT2D eigenvalue weighted by molar-refractivity contribution is 0.555. The molecule has 4 nitrogen and oxygen atoms in total. The Hall–Kier alpha value is -0.590. The van der Waals surface area contributed by atoms with Gasteiger partial charge in [0.25, 0.3) is 0 Å². The van der Waals surface area contributed by atoms with Gasteiger partial charge in [-0.05, 0) is 47.5 Å². The molecule has 1 atom stereocenters. The number of anilines is 1. The van der Waals surface area contributed by atoms with E-state index in [2.05, 4.69) is 20.7 Å². The first-order valence-corrected chi connectivity index (χ1v) is 7.21. The Labute approximate surface area is 104 Å². The Morgan fingerprint density at radius 2 is 2.12 bits per heavy atom. The van der Waals surface area contributed by atoms with Crippen molar-refractivity contribution in [3.05, 3.63) is 22.7 Å². The van der Waals surface area contributed by atoms with Crippen LogP contribution in [0, 0.1) is 0 Å². The fourth-order valence-electron chi connectivity index (χ4n) is 1.14. The molecule has 1 unspecified atom stereocenters. The van der Waals surface area contributed by atoms with Gasteiger partial charge in [-0.2, -0.15) is 0 Å². The van der Waals surface area contributed by atoms with E-state index < -0.39 is 10.0 Å². The number of rotatable bonds is 4. The van der Waals surface area contributed by atoms with Crippen molar-refractivity contribution in [2.75, 3.05) is 5.73 Å². The van der Waals surface area contributed by atoms with Gasteiger partial charge in [0.1, 0.15) is 0 Å². The fraction of sp³-hybridized carbons (Fsp3) is 0.400. The molecule has 90 valence electrons. The predicted molar refractivity (Wildman–Crippen MR) is 68.6 cm³/mol. The minimum atomic E-state index is -3.50. The summed E-state index contributed by atoms with van der Waals surface area (Å²) in [5, 5.41) is 0. The largest absolute Gasteiger partial charge is 0.399 e. The maximum absolute atomic E-state index is 12.0. The molecular weight excluding hydrogens is 292 g/mol. The molecule has 0 heterocycles. The average molecular weight is 307 g/mol. The Balaban J connectivity index is 3.12. The standard InChI is InChI=1S/C10H15BrN2O2S/c1-3-7(2)13-16(14,15)10-6-8(12)4-5-9(10)11/h4-7,13H,3,12H2,1-2H3. The Morgan fingerprint density at radius 1 is 1.50 bits per heavy atom. The predicted octanol–water partition coefficient (Wildman–Crippen LogP) is 2.11. The normalized spacial score (nSPS) is 13.7. The van der Waals surface area contributed by atoms with Crippen molar-refractivity contribution >= 4 is 31.6 Å². The maximum atomic E-state index is 12.0. The third-order valence-corrected chi connectivity index (χ3v) is 4.80. The molecule has 0 saturated heterocycles. The second kappa shape index (κ2) is 5.16. The minimum absolute atomic E-state index is 0.0988. The van der Waals surface area contributed by atoms with E-state index in [-0.39, 0.29) is 10.9 Å². The summed E-state index contributed by atoms with van der Waals surface area (Å²) >= 11 is 3.20. The first-order valence-electron chi connectivity index (χ1n) is 4.94. The number of nitrogens with one attached hydrogen (secondary N) is 1. The summed E-state index contributed by atoms with van der Waals surface area (Å²) in [5.74, 6) is 0. The van der Waals surface area contributed by atoms with Crippen LogP contribution in [0.1, 0.15) is 20.3 Å². The number of nitrogen functional groups attached to an aromatic ring is 1. The summed E-state index contributed by atoms with van der Waals surface area (Å²) < 4.78 is 27.0. The number of hydrogen-bond donors (Lipinski definition) is 2. The number of nitrogens with two attached hydrogens (primary N) is 1. The van der Waals surface area contributed by atoms with Crippen LogP contribution < -0.4 is 10.5 Å².